The van der Waals surface area contributed by atoms with Crippen LogP contribution in [0, 0.1) is 11.3 Å². The van der Waals surface area contributed by atoms with Gasteiger partial charge in [0.2, 0.25) is 0 Å². The molecule has 3 aliphatic rings. The number of nitriles is 1. The molecule has 0 spiro atoms. The summed E-state index contributed by atoms with van der Waals surface area (Å²) in [5.41, 5.74) is -2.10. The number of nitrogens with zero attached hydrogens (tertiary/aromatic N) is 3. The second-order valence-corrected chi connectivity index (χ2v) is 10.1. The third-order valence-corrected chi connectivity index (χ3v) is 7.33. The SMILES string of the molecule is CC1(C)C(=O)N(c2ccc(C#N)c(C(F)(F)F)c2)C(=S)N1c1ccc2c(c1)CCC(C1(O)CC1)O2. The number of amides is 1. The fourth-order valence-electron chi connectivity index (χ4n) is 4.80. The second kappa shape index (κ2) is 7.67. The summed E-state index contributed by atoms with van der Waals surface area (Å²) in [5, 5.41) is 19.5. The van der Waals surface area contributed by atoms with Crippen molar-refractivity contribution in [2.75, 3.05) is 9.80 Å². The summed E-state index contributed by atoms with van der Waals surface area (Å²) in [6.45, 7) is 3.31. The van der Waals surface area contributed by atoms with Gasteiger partial charge in [-0.3, -0.25) is 9.69 Å². The zero-order valence-electron chi connectivity index (χ0n) is 19.0. The van der Waals surface area contributed by atoms with Crippen molar-refractivity contribution < 1.29 is 27.8 Å². The molecule has 2 fully saturated rings. The van der Waals surface area contributed by atoms with Crippen molar-refractivity contribution in [3.8, 4) is 11.8 Å². The predicted molar refractivity (Wildman–Crippen MR) is 126 cm³/mol. The molecule has 182 valence electrons. The van der Waals surface area contributed by atoms with Crippen LogP contribution in [0.2, 0.25) is 0 Å². The molecular formula is C25H22F3N3O3S. The fraction of sp³-hybridized carbons (Fsp3) is 0.400. The van der Waals surface area contributed by atoms with E-state index in [9.17, 15) is 23.1 Å². The summed E-state index contributed by atoms with van der Waals surface area (Å²) < 4.78 is 46.6. The van der Waals surface area contributed by atoms with Gasteiger partial charge in [-0.05, 0) is 93.7 Å². The Morgan fingerprint density at radius 2 is 1.86 bits per heavy atom. The first kappa shape index (κ1) is 23.6. The number of rotatable bonds is 3. The van der Waals surface area contributed by atoms with E-state index in [1.165, 1.54) is 6.07 Å². The van der Waals surface area contributed by atoms with Gasteiger partial charge >= 0.3 is 6.18 Å². The van der Waals surface area contributed by atoms with Crippen LogP contribution in [-0.4, -0.2) is 33.4 Å². The minimum absolute atomic E-state index is 0.0414. The molecule has 5 rings (SSSR count). The number of carbonyl (C=O) groups is 1. The Morgan fingerprint density at radius 3 is 2.49 bits per heavy atom. The molecule has 2 heterocycles. The van der Waals surface area contributed by atoms with Crippen molar-refractivity contribution in [3.63, 3.8) is 0 Å². The van der Waals surface area contributed by atoms with E-state index in [2.05, 4.69) is 0 Å². The minimum Gasteiger partial charge on any atom is -0.487 e. The fourth-order valence-corrected chi connectivity index (χ4v) is 5.32. The highest BCUT2D eigenvalue weighted by Crippen LogP contribution is 2.46. The Kier molecular flexibility index (Phi) is 5.17. The number of aliphatic hydroxyl groups is 1. The van der Waals surface area contributed by atoms with E-state index < -0.39 is 34.4 Å². The van der Waals surface area contributed by atoms with E-state index in [0.29, 0.717) is 24.3 Å². The molecule has 35 heavy (non-hydrogen) atoms. The van der Waals surface area contributed by atoms with Gasteiger partial charge < -0.3 is 14.7 Å². The Labute approximate surface area is 205 Å². The van der Waals surface area contributed by atoms with Crippen LogP contribution in [0.25, 0.3) is 0 Å². The van der Waals surface area contributed by atoms with Gasteiger partial charge in [0.1, 0.15) is 23.0 Å². The number of anilines is 2. The monoisotopic (exact) mass is 501 g/mol. The topological polar surface area (TPSA) is 76.8 Å². The Morgan fingerprint density at radius 1 is 1.17 bits per heavy atom. The van der Waals surface area contributed by atoms with Crippen molar-refractivity contribution >= 4 is 34.6 Å². The Balaban J connectivity index is 1.49. The van der Waals surface area contributed by atoms with Crippen molar-refractivity contribution in [1.29, 1.82) is 5.26 Å². The maximum Gasteiger partial charge on any atom is 0.417 e. The lowest BCUT2D eigenvalue weighted by Crippen LogP contribution is -2.44. The average Bonchev–Trinajstić information content (AvgIpc) is 3.52. The molecule has 10 heteroatoms. The molecule has 1 saturated carbocycles. The highest BCUT2D eigenvalue weighted by atomic mass is 32.1. The molecular weight excluding hydrogens is 479 g/mol. The van der Waals surface area contributed by atoms with E-state index in [1.807, 2.05) is 6.07 Å². The molecule has 2 aromatic rings. The van der Waals surface area contributed by atoms with Gasteiger partial charge in [0.05, 0.1) is 22.9 Å². The molecule has 1 N–H and O–H groups in total. The van der Waals surface area contributed by atoms with Gasteiger partial charge in [-0.1, -0.05) is 0 Å². The van der Waals surface area contributed by atoms with Crippen LogP contribution in [0.5, 0.6) is 5.75 Å². The molecule has 2 aliphatic heterocycles. The quantitative estimate of drug-likeness (QED) is 0.614. The van der Waals surface area contributed by atoms with E-state index in [0.717, 1.165) is 35.4 Å². The van der Waals surface area contributed by atoms with E-state index in [4.69, 9.17) is 22.2 Å². The highest BCUT2D eigenvalue weighted by molar-refractivity contribution is 7.81. The Bertz CT molecular complexity index is 1300. The first-order valence-electron chi connectivity index (χ1n) is 11.2. The first-order valence-corrected chi connectivity index (χ1v) is 11.6. The number of carbonyl (C=O) groups excluding carboxylic acids is 1. The zero-order chi connectivity index (χ0) is 25.3. The number of fused-ring (bicyclic) bond motifs is 1. The van der Waals surface area contributed by atoms with Crippen LogP contribution in [-0.2, 0) is 17.4 Å². The summed E-state index contributed by atoms with van der Waals surface area (Å²) in [7, 11) is 0. The normalized spacial score (nSPS) is 22.5. The van der Waals surface area contributed by atoms with Gasteiger partial charge in [-0.25, -0.2) is 0 Å². The van der Waals surface area contributed by atoms with Crippen LogP contribution in [0.4, 0.5) is 24.5 Å². The molecule has 1 saturated heterocycles. The molecule has 1 unspecified atom stereocenters. The molecule has 0 aromatic heterocycles. The smallest absolute Gasteiger partial charge is 0.417 e. The lowest BCUT2D eigenvalue weighted by molar-refractivity contribution is -0.137. The van der Waals surface area contributed by atoms with Gasteiger partial charge in [-0.2, -0.15) is 18.4 Å². The minimum atomic E-state index is -4.76. The Hall–Kier alpha value is -3.16. The number of hydrogen-bond acceptors (Lipinski definition) is 5. The maximum absolute atomic E-state index is 13.5. The van der Waals surface area contributed by atoms with Crippen LogP contribution < -0.4 is 14.5 Å². The van der Waals surface area contributed by atoms with E-state index in [1.54, 1.807) is 36.9 Å². The van der Waals surface area contributed by atoms with E-state index in [-0.39, 0.29) is 16.9 Å². The summed E-state index contributed by atoms with van der Waals surface area (Å²) >= 11 is 5.60. The van der Waals surface area contributed by atoms with Gasteiger partial charge in [0.25, 0.3) is 5.91 Å². The predicted octanol–water partition coefficient (Wildman–Crippen LogP) is 4.71. The molecule has 6 nitrogen and oxygen atoms in total. The third-order valence-electron chi connectivity index (χ3n) is 6.96. The molecule has 1 atom stereocenters. The lowest BCUT2D eigenvalue weighted by Gasteiger charge is -2.33. The molecule has 1 aliphatic carbocycles. The molecule has 0 bridgehead atoms. The number of alkyl halides is 3. The number of thiocarbonyl (C=S) groups is 1. The largest absolute Gasteiger partial charge is 0.487 e. The lowest BCUT2D eigenvalue weighted by atomic mass is 9.96. The van der Waals surface area contributed by atoms with Crippen molar-refractivity contribution in [3.05, 3.63) is 53.1 Å². The first-order chi connectivity index (χ1) is 16.4. The van der Waals surface area contributed by atoms with Gasteiger partial charge in [-0.15, -0.1) is 0 Å². The van der Waals surface area contributed by atoms with Crippen LogP contribution in [0.1, 0.15) is 49.8 Å². The van der Waals surface area contributed by atoms with Crippen LogP contribution >= 0.6 is 12.2 Å². The van der Waals surface area contributed by atoms with Gasteiger partial charge in [0.15, 0.2) is 5.11 Å². The number of aryl methyl sites for hydroxylation is 1. The summed E-state index contributed by atoms with van der Waals surface area (Å²) in [6.07, 6.45) is -2.21. The summed E-state index contributed by atoms with van der Waals surface area (Å²) in [5.74, 6) is 0.184. The number of ether oxygens (including phenoxy) is 1. The van der Waals surface area contributed by atoms with Crippen LogP contribution in [0.15, 0.2) is 36.4 Å². The zero-order valence-corrected chi connectivity index (χ0v) is 19.8. The van der Waals surface area contributed by atoms with E-state index >= 15 is 0 Å². The standard InChI is InChI=1S/C25H22F3N3O3S/c1-23(2)21(32)30(16-5-3-15(13-29)18(12-16)25(26,27)28)22(35)31(23)17-6-7-19-14(11-17)4-8-20(34-19)24(33)9-10-24/h3,5-7,11-12,20,33H,4,8-10H2,1-2H3. The maximum atomic E-state index is 13.5. The van der Waals surface area contributed by atoms with Crippen molar-refractivity contribution in [2.45, 2.75) is 63.0 Å². The highest BCUT2D eigenvalue weighted by Gasteiger charge is 2.52. The number of hydrogen-bond donors (Lipinski definition) is 1. The molecule has 0 radical (unpaired) electrons. The molecule has 2 aromatic carbocycles. The third kappa shape index (κ3) is 3.74. The molecule has 1 amide bonds. The summed E-state index contributed by atoms with van der Waals surface area (Å²) in [4.78, 5) is 16.1. The average molecular weight is 502 g/mol. The second-order valence-electron chi connectivity index (χ2n) is 9.70. The number of benzene rings is 2. The van der Waals surface area contributed by atoms with Crippen molar-refractivity contribution in [1.82, 2.24) is 0 Å². The van der Waals surface area contributed by atoms with Crippen LogP contribution in [0.3, 0.4) is 0 Å². The van der Waals surface area contributed by atoms with Gasteiger partial charge in [0, 0.05) is 5.69 Å². The number of halogens is 3. The summed E-state index contributed by atoms with van der Waals surface area (Å²) in [6, 6.07) is 10.1. The van der Waals surface area contributed by atoms with Crippen molar-refractivity contribution in [2.24, 2.45) is 0 Å².